The van der Waals surface area contributed by atoms with Crippen LogP contribution in [-0.2, 0) is 0 Å². The van der Waals surface area contributed by atoms with Gasteiger partial charge in [0.25, 0.3) is 0 Å². The molecule has 0 fully saturated rings. The Bertz CT molecular complexity index is 455. The van der Waals surface area contributed by atoms with Crippen LogP contribution in [0.25, 0.3) is 0 Å². The lowest BCUT2D eigenvalue weighted by Gasteiger charge is -2.21. The van der Waals surface area contributed by atoms with Gasteiger partial charge in [0.1, 0.15) is 0 Å². The van der Waals surface area contributed by atoms with Gasteiger partial charge in [0.2, 0.25) is 0 Å². The van der Waals surface area contributed by atoms with Gasteiger partial charge in [-0.15, -0.1) is 0 Å². The SMILES string of the molecule is CC(NC(=O)NCC(C)(C)C)c1ccc(Cl)cc1Cl. The van der Waals surface area contributed by atoms with Crippen LogP contribution < -0.4 is 10.6 Å². The third kappa shape index (κ3) is 5.70. The molecule has 0 heterocycles. The van der Waals surface area contributed by atoms with Crippen molar-refractivity contribution in [3.63, 3.8) is 0 Å². The molecule has 0 saturated carbocycles. The summed E-state index contributed by atoms with van der Waals surface area (Å²) in [6.45, 7) is 8.68. The lowest BCUT2D eigenvalue weighted by molar-refractivity contribution is 0.232. The summed E-state index contributed by atoms with van der Waals surface area (Å²) in [5.41, 5.74) is 0.898. The smallest absolute Gasteiger partial charge is 0.315 e. The molecule has 0 aliphatic rings. The summed E-state index contributed by atoms with van der Waals surface area (Å²) in [5.74, 6) is 0. The van der Waals surface area contributed by atoms with Crippen LogP contribution in [0.5, 0.6) is 0 Å². The third-order valence-corrected chi connectivity index (χ3v) is 3.12. The van der Waals surface area contributed by atoms with E-state index in [2.05, 4.69) is 31.4 Å². The number of benzene rings is 1. The topological polar surface area (TPSA) is 41.1 Å². The van der Waals surface area contributed by atoms with Crippen LogP contribution in [0, 0.1) is 5.41 Å². The van der Waals surface area contributed by atoms with E-state index in [0.29, 0.717) is 16.6 Å². The number of halogens is 2. The molecular formula is C14H20Cl2N2O. The molecule has 19 heavy (non-hydrogen) atoms. The molecule has 0 spiro atoms. The summed E-state index contributed by atoms with van der Waals surface area (Å²) in [7, 11) is 0. The van der Waals surface area contributed by atoms with Crippen LogP contribution in [0.15, 0.2) is 18.2 Å². The summed E-state index contributed by atoms with van der Waals surface area (Å²) in [5, 5.41) is 6.82. The second-order valence-electron chi connectivity index (χ2n) is 5.78. The molecule has 1 rings (SSSR count). The predicted octanol–water partition coefficient (Wildman–Crippen LogP) is 4.40. The van der Waals surface area contributed by atoms with E-state index in [-0.39, 0.29) is 17.5 Å². The number of rotatable bonds is 3. The molecule has 106 valence electrons. The first-order valence-electron chi connectivity index (χ1n) is 6.18. The van der Waals surface area contributed by atoms with Crippen LogP contribution >= 0.6 is 23.2 Å². The minimum absolute atomic E-state index is 0.0541. The fourth-order valence-electron chi connectivity index (χ4n) is 1.52. The minimum atomic E-state index is -0.201. The van der Waals surface area contributed by atoms with Crippen molar-refractivity contribution >= 4 is 29.2 Å². The van der Waals surface area contributed by atoms with Crippen LogP contribution in [0.4, 0.5) is 4.79 Å². The zero-order valence-electron chi connectivity index (χ0n) is 11.7. The van der Waals surface area contributed by atoms with Crippen LogP contribution in [0.1, 0.15) is 39.3 Å². The van der Waals surface area contributed by atoms with Crippen LogP contribution in [0.3, 0.4) is 0 Å². The zero-order valence-corrected chi connectivity index (χ0v) is 13.2. The van der Waals surface area contributed by atoms with Crippen molar-refractivity contribution in [2.24, 2.45) is 5.41 Å². The second kappa shape index (κ2) is 6.49. The predicted molar refractivity (Wildman–Crippen MR) is 80.9 cm³/mol. The molecule has 3 nitrogen and oxygen atoms in total. The quantitative estimate of drug-likeness (QED) is 0.853. The maximum atomic E-state index is 11.8. The van der Waals surface area contributed by atoms with Gasteiger partial charge in [0.15, 0.2) is 0 Å². The normalized spacial score (nSPS) is 12.9. The van der Waals surface area contributed by atoms with E-state index in [9.17, 15) is 4.79 Å². The molecule has 0 aromatic heterocycles. The molecule has 0 bridgehead atoms. The Morgan fingerprint density at radius 3 is 2.47 bits per heavy atom. The van der Waals surface area contributed by atoms with Crippen molar-refractivity contribution in [1.82, 2.24) is 10.6 Å². The Balaban J connectivity index is 2.59. The molecule has 1 aromatic carbocycles. The van der Waals surface area contributed by atoms with Crippen molar-refractivity contribution in [2.75, 3.05) is 6.54 Å². The summed E-state index contributed by atoms with van der Waals surface area (Å²) in [6.07, 6.45) is 0. The van der Waals surface area contributed by atoms with E-state index in [1.807, 2.05) is 13.0 Å². The highest BCUT2D eigenvalue weighted by molar-refractivity contribution is 6.35. The Kier molecular flexibility index (Phi) is 5.50. The highest BCUT2D eigenvalue weighted by atomic mass is 35.5. The van der Waals surface area contributed by atoms with Gasteiger partial charge in [0.05, 0.1) is 6.04 Å². The standard InChI is InChI=1S/C14H20Cl2N2O/c1-9(11-6-5-10(15)7-12(11)16)18-13(19)17-8-14(2,3)4/h5-7,9H,8H2,1-4H3,(H2,17,18,19). The molecule has 0 aliphatic heterocycles. The fraction of sp³-hybridized carbons (Fsp3) is 0.500. The summed E-state index contributed by atoms with van der Waals surface area (Å²) in [6, 6.07) is 4.87. The van der Waals surface area contributed by atoms with Crippen molar-refractivity contribution in [3.05, 3.63) is 33.8 Å². The largest absolute Gasteiger partial charge is 0.338 e. The zero-order chi connectivity index (χ0) is 14.6. The Labute approximate surface area is 124 Å². The average Bonchev–Trinajstić information content (AvgIpc) is 2.25. The number of amides is 2. The average molecular weight is 303 g/mol. The summed E-state index contributed by atoms with van der Waals surface area (Å²) >= 11 is 11.9. The number of carbonyl (C=O) groups excluding carboxylic acids is 1. The van der Waals surface area contributed by atoms with E-state index in [0.717, 1.165) is 5.56 Å². The molecule has 2 N–H and O–H groups in total. The lowest BCUT2D eigenvalue weighted by Crippen LogP contribution is -2.40. The molecule has 1 atom stereocenters. The van der Waals surface area contributed by atoms with Crippen LogP contribution in [-0.4, -0.2) is 12.6 Å². The van der Waals surface area contributed by atoms with Crippen molar-refractivity contribution in [3.8, 4) is 0 Å². The molecule has 0 aliphatic carbocycles. The van der Waals surface area contributed by atoms with Crippen molar-refractivity contribution in [2.45, 2.75) is 33.7 Å². The van der Waals surface area contributed by atoms with Gasteiger partial charge >= 0.3 is 6.03 Å². The number of hydrogen-bond donors (Lipinski definition) is 2. The van der Waals surface area contributed by atoms with Gasteiger partial charge < -0.3 is 10.6 Å². The number of urea groups is 1. The second-order valence-corrected chi connectivity index (χ2v) is 6.62. The molecule has 5 heteroatoms. The summed E-state index contributed by atoms with van der Waals surface area (Å²) < 4.78 is 0. The Morgan fingerprint density at radius 1 is 1.32 bits per heavy atom. The first-order chi connectivity index (χ1) is 8.69. The highest BCUT2D eigenvalue weighted by Crippen LogP contribution is 2.25. The maximum absolute atomic E-state index is 11.8. The van der Waals surface area contributed by atoms with E-state index >= 15 is 0 Å². The van der Waals surface area contributed by atoms with Crippen molar-refractivity contribution < 1.29 is 4.79 Å². The number of nitrogens with one attached hydrogen (secondary N) is 2. The lowest BCUT2D eigenvalue weighted by atomic mass is 9.97. The van der Waals surface area contributed by atoms with E-state index in [1.165, 1.54) is 0 Å². The van der Waals surface area contributed by atoms with Gasteiger partial charge in [-0.1, -0.05) is 50.0 Å². The fourth-order valence-corrected chi connectivity index (χ4v) is 2.10. The van der Waals surface area contributed by atoms with Crippen molar-refractivity contribution in [1.29, 1.82) is 0 Å². The Morgan fingerprint density at radius 2 is 1.95 bits per heavy atom. The molecular weight excluding hydrogens is 283 g/mol. The molecule has 0 saturated heterocycles. The maximum Gasteiger partial charge on any atom is 0.315 e. The summed E-state index contributed by atoms with van der Waals surface area (Å²) in [4.78, 5) is 11.8. The molecule has 1 aromatic rings. The first kappa shape index (κ1) is 16.1. The van der Waals surface area contributed by atoms with E-state index < -0.39 is 0 Å². The van der Waals surface area contributed by atoms with Gasteiger partial charge in [-0.25, -0.2) is 4.79 Å². The first-order valence-corrected chi connectivity index (χ1v) is 6.94. The third-order valence-electron chi connectivity index (χ3n) is 2.56. The van der Waals surface area contributed by atoms with Gasteiger partial charge in [-0.05, 0) is 30.0 Å². The highest BCUT2D eigenvalue weighted by Gasteiger charge is 2.15. The molecule has 2 amide bonds. The minimum Gasteiger partial charge on any atom is -0.338 e. The van der Waals surface area contributed by atoms with Gasteiger partial charge in [-0.2, -0.15) is 0 Å². The number of hydrogen-bond acceptors (Lipinski definition) is 1. The van der Waals surface area contributed by atoms with E-state index in [1.54, 1.807) is 12.1 Å². The monoisotopic (exact) mass is 302 g/mol. The van der Waals surface area contributed by atoms with E-state index in [4.69, 9.17) is 23.2 Å². The van der Waals surface area contributed by atoms with Gasteiger partial charge in [-0.3, -0.25) is 0 Å². The molecule has 1 unspecified atom stereocenters. The van der Waals surface area contributed by atoms with Crippen LogP contribution in [0.2, 0.25) is 10.0 Å². The van der Waals surface area contributed by atoms with Gasteiger partial charge in [0, 0.05) is 16.6 Å². The molecule has 0 radical (unpaired) electrons. The number of carbonyl (C=O) groups is 1. The Hall–Kier alpha value is -0.930.